The van der Waals surface area contributed by atoms with Crippen LogP contribution in [0.4, 0.5) is 4.39 Å². The van der Waals surface area contributed by atoms with Crippen molar-refractivity contribution < 1.29 is 22.7 Å². The third kappa shape index (κ3) is 3.73. The number of carbonyl (C=O) groups is 1. The number of hydrogen-bond donors (Lipinski definition) is 1. The average Bonchev–Trinajstić information content (AvgIpc) is 2.24. The van der Waals surface area contributed by atoms with Crippen LogP contribution in [0.25, 0.3) is 0 Å². The molecule has 112 valence electrons. The highest BCUT2D eigenvalue weighted by atomic mass is 32.2. The summed E-state index contributed by atoms with van der Waals surface area (Å²) in [5, 5.41) is 8.89. The fraction of sp³-hybridized carbons (Fsp3) is 0.462. The molecule has 0 amide bonds. The Morgan fingerprint density at radius 3 is 2.35 bits per heavy atom. The van der Waals surface area contributed by atoms with Crippen LogP contribution in [0.3, 0.4) is 0 Å². The zero-order valence-corrected chi connectivity index (χ0v) is 13.4. The standard InChI is InChI=1S/C13H17FO4S2/c1-13(2,7-11(15)16)8-5-9(14)12(19-3)10(6-8)20(4,17)18/h5-6H,7H2,1-4H3,(H,15,16). The van der Waals surface area contributed by atoms with Crippen LogP contribution in [0.1, 0.15) is 25.8 Å². The smallest absolute Gasteiger partial charge is 0.304 e. The first-order valence-corrected chi connectivity index (χ1v) is 8.90. The van der Waals surface area contributed by atoms with Gasteiger partial charge < -0.3 is 5.11 Å². The second-order valence-electron chi connectivity index (χ2n) is 5.22. The second kappa shape index (κ2) is 5.73. The summed E-state index contributed by atoms with van der Waals surface area (Å²) in [5.41, 5.74) is -0.501. The molecule has 0 aliphatic heterocycles. The van der Waals surface area contributed by atoms with Gasteiger partial charge in [0.1, 0.15) is 5.82 Å². The Bertz CT molecular complexity index is 636. The normalized spacial score (nSPS) is 12.4. The van der Waals surface area contributed by atoms with Crippen LogP contribution in [0.5, 0.6) is 0 Å². The van der Waals surface area contributed by atoms with Crippen LogP contribution in [0.15, 0.2) is 21.9 Å². The van der Waals surface area contributed by atoms with E-state index in [2.05, 4.69) is 0 Å². The Hall–Kier alpha value is -1.08. The van der Waals surface area contributed by atoms with E-state index in [-0.39, 0.29) is 16.2 Å². The lowest BCUT2D eigenvalue weighted by atomic mass is 9.81. The Morgan fingerprint density at radius 2 is 1.95 bits per heavy atom. The molecular weight excluding hydrogens is 303 g/mol. The van der Waals surface area contributed by atoms with E-state index in [9.17, 15) is 17.6 Å². The topological polar surface area (TPSA) is 71.4 Å². The summed E-state index contributed by atoms with van der Waals surface area (Å²) in [5.74, 6) is -1.67. The van der Waals surface area contributed by atoms with Crippen LogP contribution in [0.2, 0.25) is 0 Å². The van der Waals surface area contributed by atoms with Crippen molar-refractivity contribution >= 4 is 27.6 Å². The van der Waals surface area contributed by atoms with Crippen molar-refractivity contribution in [3.63, 3.8) is 0 Å². The average molecular weight is 320 g/mol. The highest BCUT2D eigenvalue weighted by molar-refractivity contribution is 7.99. The lowest BCUT2D eigenvalue weighted by molar-refractivity contribution is -0.138. The molecule has 7 heteroatoms. The van der Waals surface area contributed by atoms with E-state index in [1.807, 2.05) is 0 Å². The molecule has 0 aliphatic carbocycles. The maximum Gasteiger partial charge on any atom is 0.304 e. The van der Waals surface area contributed by atoms with Gasteiger partial charge in [0, 0.05) is 11.7 Å². The molecule has 0 saturated carbocycles. The molecule has 0 atom stereocenters. The number of rotatable bonds is 5. The van der Waals surface area contributed by atoms with Crippen molar-refractivity contribution in [3.8, 4) is 0 Å². The number of aliphatic carboxylic acids is 1. The van der Waals surface area contributed by atoms with Crippen molar-refractivity contribution in [2.24, 2.45) is 0 Å². The molecule has 1 rings (SSSR count). The minimum Gasteiger partial charge on any atom is -0.481 e. The summed E-state index contributed by atoms with van der Waals surface area (Å²) in [6.45, 7) is 3.28. The van der Waals surface area contributed by atoms with Crippen molar-refractivity contribution in [1.29, 1.82) is 0 Å². The van der Waals surface area contributed by atoms with Gasteiger partial charge in [-0.15, -0.1) is 11.8 Å². The number of hydrogen-bond acceptors (Lipinski definition) is 4. The number of benzene rings is 1. The number of halogens is 1. The van der Waals surface area contributed by atoms with Gasteiger partial charge in [-0.3, -0.25) is 4.79 Å². The highest BCUT2D eigenvalue weighted by Crippen LogP contribution is 2.35. The van der Waals surface area contributed by atoms with E-state index in [1.54, 1.807) is 20.1 Å². The van der Waals surface area contributed by atoms with E-state index < -0.39 is 27.0 Å². The third-order valence-corrected chi connectivity index (χ3v) is 5.06. The minimum atomic E-state index is -3.59. The SMILES string of the molecule is CSc1c(F)cc(C(C)(C)CC(=O)O)cc1S(C)(=O)=O. The molecule has 20 heavy (non-hydrogen) atoms. The van der Waals surface area contributed by atoms with Crippen LogP contribution in [-0.4, -0.2) is 32.0 Å². The predicted octanol–water partition coefficient (Wildman–Crippen LogP) is 2.70. The Morgan fingerprint density at radius 1 is 1.40 bits per heavy atom. The van der Waals surface area contributed by atoms with E-state index in [0.717, 1.165) is 18.0 Å². The molecule has 4 nitrogen and oxygen atoms in total. The van der Waals surface area contributed by atoms with Gasteiger partial charge in [0.15, 0.2) is 9.84 Å². The first-order valence-electron chi connectivity index (χ1n) is 5.79. The highest BCUT2D eigenvalue weighted by Gasteiger charge is 2.28. The molecule has 1 N–H and O–H groups in total. The van der Waals surface area contributed by atoms with E-state index in [1.165, 1.54) is 12.1 Å². The van der Waals surface area contributed by atoms with Crippen LogP contribution in [-0.2, 0) is 20.0 Å². The Kier molecular flexibility index (Phi) is 4.86. The largest absolute Gasteiger partial charge is 0.481 e. The molecule has 0 saturated heterocycles. The van der Waals surface area contributed by atoms with Crippen LogP contribution >= 0.6 is 11.8 Å². The minimum absolute atomic E-state index is 0.0578. The van der Waals surface area contributed by atoms with Gasteiger partial charge in [-0.05, 0) is 24.0 Å². The van der Waals surface area contributed by atoms with Crippen molar-refractivity contribution in [2.75, 3.05) is 12.5 Å². The van der Waals surface area contributed by atoms with Gasteiger partial charge in [0.2, 0.25) is 0 Å². The summed E-state index contributed by atoms with van der Waals surface area (Å²) in [6.07, 6.45) is 2.39. The molecule has 0 aliphatic rings. The monoisotopic (exact) mass is 320 g/mol. The molecule has 0 unspecified atom stereocenters. The number of thioether (sulfide) groups is 1. The third-order valence-electron chi connectivity index (χ3n) is 2.99. The molecule has 1 aromatic rings. The lowest BCUT2D eigenvalue weighted by Crippen LogP contribution is -2.22. The van der Waals surface area contributed by atoms with E-state index in [4.69, 9.17) is 5.11 Å². The summed E-state index contributed by atoms with van der Waals surface area (Å²) in [6, 6.07) is 2.58. The van der Waals surface area contributed by atoms with Gasteiger partial charge in [-0.2, -0.15) is 0 Å². The van der Waals surface area contributed by atoms with Gasteiger partial charge in [0.25, 0.3) is 0 Å². The van der Waals surface area contributed by atoms with Crippen molar-refractivity contribution in [2.45, 2.75) is 35.5 Å². The maximum absolute atomic E-state index is 14.1. The zero-order chi connectivity index (χ0) is 15.7. The number of sulfone groups is 1. The zero-order valence-electron chi connectivity index (χ0n) is 11.7. The summed E-state index contributed by atoms with van der Waals surface area (Å²) < 4.78 is 37.6. The van der Waals surface area contributed by atoms with Gasteiger partial charge >= 0.3 is 5.97 Å². The fourth-order valence-electron chi connectivity index (χ4n) is 1.91. The van der Waals surface area contributed by atoms with E-state index >= 15 is 0 Å². The molecule has 0 aromatic heterocycles. The summed E-state index contributed by atoms with van der Waals surface area (Å²) in [4.78, 5) is 10.8. The van der Waals surface area contributed by atoms with Crippen molar-refractivity contribution in [1.82, 2.24) is 0 Å². The molecule has 0 bridgehead atoms. The quantitative estimate of drug-likeness (QED) is 0.845. The van der Waals surface area contributed by atoms with Crippen LogP contribution < -0.4 is 0 Å². The number of carboxylic acid groups (broad SMARTS) is 1. The molecular formula is C13H17FO4S2. The van der Waals surface area contributed by atoms with Crippen LogP contribution in [0, 0.1) is 5.82 Å². The first-order chi connectivity index (χ1) is 8.99. The lowest BCUT2D eigenvalue weighted by Gasteiger charge is -2.24. The molecule has 0 fully saturated rings. The van der Waals surface area contributed by atoms with E-state index in [0.29, 0.717) is 5.56 Å². The second-order valence-corrected chi connectivity index (χ2v) is 8.02. The summed E-state index contributed by atoms with van der Waals surface area (Å²) in [7, 11) is -3.59. The predicted molar refractivity (Wildman–Crippen MR) is 76.6 cm³/mol. The Labute approximate surface area is 122 Å². The van der Waals surface area contributed by atoms with Crippen molar-refractivity contribution in [3.05, 3.63) is 23.5 Å². The summed E-state index contributed by atoms with van der Waals surface area (Å²) >= 11 is 1.01. The fourth-order valence-corrected chi connectivity index (χ4v) is 3.91. The molecule has 0 radical (unpaired) electrons. The van der Waals surface area contributed by atoms with Gasteiger partial charge in [-0.25, -0.2) is 12.8 Å². The first kappa shape index (κ1) is 17.0. The van der Waals surface area contributed by atoms with Gasteiger partial charge in [-0.1, -0.05) is 13.8 Å². The van der Waals surface area contributed by atoms with Gasteiger partial charge in [0.05, 0.1) is 16.2 Å². The molecule has 0 spiro atoms. The number of carboxylic acids is 1. The Balaban J connectivity index is 3.54. The molecule has 0 heterocycles. The molecule has 1 aromatic carbocycles. The maximum atomic E-state index is 14.1.